The van der Waals surface area contributed by atoms with Gasteiger partial charge in [0.05, 0.1) is 14.2 Å². The Labute approximate surface area is 219 Å². The van der Waals surface area contributed by atoms with E-state index in [1.807, 2.05) is 0 Å². The van der Waals surface area contributed by atoms with Gasteiger partial charge in [-0.3, -0.25) is 9.59 Å². The average molecular weight is 498 g/mol. The molecule has 0 saturated carbocycles. The quantitative estimate of drug-likeness (QED) is 0.304. The zero-order valence-electron chi connectivity index (χ0n) is 22.7. The van der Waals surface area contributed by atoms with Crippen LogP contribution in [0.15, 0.2) is 36.4 Å². The van der Waals surface area contributed by atoms with Crippen molar-refractivity contribution in [3.8, 4) is 0 Å². The van der Waals surface area contributed by atoms with E-state index in [1.54, 1.807) is 0 Å². The monoisotopic (exact) mass is 498 g/mol. The van der Waals surface area contributed by atoms with Crippen molar-refractivity contribution in [1.82, 2.24) is 0 Å². The molecule has 0 bridgehead atoms. The highest BCUT2D eigenvalue weighted by molar-refractivity contribution is 6.81. The number of carbonyl (C=O) groups excluding carboxylic acids is 2. The van der Waals surface area contributed by atoms with Gasteiger partial charge in [0.1, 0.15) is 0 Å². The van der Waals surface area contributed by atoms with Gasteiger partial charge in [0, 0.05) is 36.1 Å². The minimum atomic E-state index is -1.34. The lowest BCUT2D eigenvalue weighted by Gasteiger charge is -2.39. The Morgan fingerprint density at radius 2 is 1.57 bits per heavy atom. The highest BCUT2D eigenvalue weighted by Crippen LogP contribution is 2.44. The van der Waals surface area contributed by atoms with Gasteiger partial charge in [0.2, 0.25) is 0 Å². The Morgan fingerprint density at radius 3 is 2.19 bits per heavy atom. The summed E-state index contributed by atoms with van der Waals surface area (Å²) in [7, 11) is 2.67. The van der Waals surface area contributed by atoms with E-state index in [1.165, 1.54) is 41.7 Å². The summed E-state index contributed by atoms with van der Waals surface area (Å²) < 4.78 is 10.2. The normalized spacial score (nSPS) is 15.4. The number of anilines is 2. The first-order valence-electron chi connectivity index (χ1n) is 13.1. The maximum absolute atomic E-state index is 13.0. The van der Waals surface area contributed by atoms with Gasteiger partial charge in [-0.05, 0) is 78.0 Å². The molecule has 0 saturated heterocycles. The van der Waals surface area contributed by atoms with Crippen LogP contribution < -0.4 is 15.5 Å². The summed E-state index contributed by atoms with van der Waals surface area (Å²) in [5.41, 5.74) is 7.79. The first-order chi connectivity index (χ1) is 17.8. The van der Waals surface area contributed by atoms with Crippen LogP contribution in [0.5, 0.6) is 0 Å². The lowest BCUT2D eigenvalue weighted by Crippen LogP contribution is -2.58. The molecule has 192 valence electrons. The molecule has 3 aromatic carbocycles. The molecule has 6 nitrogen and oxygen atoms in total. The topological polar surface area (TPSA) is 67.9 Å². The molecule has 0 unspecified atom stereocenters. The van der Waals surface area contributed by atoms with Gasteiger partial charge >= 0.3 is 18.9 Å². The smallest absolute Gasteiger partial charge is 0.409 e. The van der Waals surface area contributed by atoms with E-state index >= 15 is 0 Å². The summed E-state index contributed by atoms with van der Waals surface area (Å²) in [6, 6.07) is 12.9. The van der Waals surface area contributed by atoms with Crippen molar-refractivity contribution in [2.24, 2.45) is 5.41 Å². The van der Waals surface area contributed by atoms with Crippen LogP contribution in [0.25, 0.3) is 10.8 Å². The molecule has 0 atom stereocenters. The predicted octanol–water partition coefficient (Wildman–Crippen LogP) is 4.62. The van der Waals surface area contributed by atoms with Gasteiger partial charge in [-0.25, -0.2) is 0 Å². The Hall–Kier alpha value is -3.48. The molecule has 2 aliphatic rings. The number of esters is 2. The number of nitrogens with zero attached hydrogens (tertiary/aromatic N) is 1. The minimum Gasteiger partial charge on any atom is -0.468 e. The third kappa shape index (κ3) is 3.70. The lowest BCUT2D eigenvalue weighted by atomic mass is 9.59. The second-order valence-electron chi connectivity index (χ2n) is 10.4. The van der Waals surface area contributed by atoms with Crippen molar-refractivity contribution in [2.45, 2.75) is 53.4 Å². The summed E-state index contributed by atoms with van der Waals surface area (Å²) in [5.74, 6) is -1.07. The fourth-order valence-corrected chi connectivity index (χ4v) is 6.49. The Balaban J connectivity index is 1.68. The summed E-state index contributed by atoms with van der Waals surface area (Å²) in [4.78, 5) is 28.4. The molecule has 37 heavy (non-hydrogen) atoms. The summed E-state index contributed by atoms with van der Waals surface area (Å²) in [5, 5.41) is 6.34. The molecule has 1 aliphatic carbocycles. The fourth-order valence-electron chi connectivity index (χ4n) is 6.49. The molecule has 0 amide bonds. The maximum atomic E-state index is 13.0. The SMILES string of the molecule is CCCCN1B(c2c(C)c(C)c3c(c2C)CC(C(=O)OC)(C(=O)OC)C3)Nc2cccc3cccc1c23. The molecule has 0 spiro atoms. The van der Waals surface area contributed by atoms with Crippen molar-refractivity contribution >= 4 is 46.5 Å². The van der Waals surface area contributed by atoms with Crippen LogP contribution in [0.2, 0.25) is 0 Å². The minimum absolute atomic E-state index is 0.0673. The number of benzene rings is 3. The van der Waals surface area contributed by atoms with E-state index in [-0.39, 0.29) is 13.4 Å². The number of hydrogen-bond acceptors (Lipinski definition) is 6. The molecule has 0 fully saturated rings. The second-order valence-corrected chi connectivity index (χ2v) is 10.4. The Morgan fingerprint density at radius 1 is 0.946 bits per heavy atom. The highest BCUT2D eigenvalue weighted by atomic mass is 16.5. The van der Waals surface area contributed by atoms with Crippen LogP contribution in [0.3, 0.4) is 0 Å². The standard InChI is InChI=1S/C30H35BN2O4/c1-7-8-15-33-25-14-10-12-21-11-9-13-24(26(21)25)32-31(33)27-19(3)18(2)22-16-30(28(34)36-5,29(35)37-6)17-23(22)20(27)4/h9-14,32H,7-8,15-17H2,1-6H3. The summed E-state index contributed by atoms with van der Waals surface area (Å²) in [6.45, 7) is 9.47. The Kier molecular flexibility index (Phi) is 6.42. The number of unbranched alkanes of at least 4 members (excludes halogenated alkanes) is 1. The van der Waals surface area contributed by atoms with Crippen molar-refractivity contribution in [3.05, 3.63) is 64.2 Å². The number of hydrogen-bond donors (Lipinski definition) is 1. The Bertz CT molecular complexity index is 1400. The lowest BCUT2D eigenvalue weighted by molar-refractivity contribution is -0.168. The molecule has 1 aliphatic heterocycles. The van der Waals surface area contributed by atoms with E-state index in [0.29, 0.717) is 6.42 Å². The van der Waals surface area contributed by atoms with Crippen LogP contribution in [-0.4, -0.2) is 39.7 Å². The van der Waals surface area contributed by atoms with Crippen LogP contribution in [-0.2, 0) is 31.9 Å². The van der Waals surface area contributed by atoms with Crippen molar-refractivity contribution < 1.29 is 19.1 Å². The van der Waals surface area contributed by atoms with E-state index in [0.717, 1.165) is 47.3 Å². The van der Waals surface area contributed by atoms with Crippen LogP contribution in [0.4, 0.5) is 11.4 Å². The molecule has 5 rings (SSSR count). The van der Waals surface area contributed by atoms with Gasteiger partial charge in [-0.2, -0.15) is 0 Å². The predicted molar refractivity (Wildman–Crippen MR) is 150 cm³/mol. The molecule has 3 aromatic rings. The fraction of sp³-hybridized carbons (Fsp3) is 0.400. The maximum Gasteiger partial charge on any atom is 0.409 e. The number of ether oxygens (including phenoxy) is 2. The van der Waals surface area contributed by atoms with Gasteiger partial charge in [-0.1, -0.05) is 37.6 Å². The van der Waals surface area contributed by atoms with Crippen LogP contribution in [0.1, 0.15) is 47.6 Å². The van der Waals surface area contributed by atoms with E-state index in [4.69, 9.17) is 9.47 Å². The number of carbonyl (C=O) groups is 2. The average Bonchev–Trinajstić information content (AvgIpc) is 3.33. The number of fused-ring (bicyclic) bond motifs is 1. The molecule has 0 aromatic heterocycles. The van der Waals surface area contributed by atoms with Crippen molar-refractivity contribution in [3.63, 3.8) is 0 Å². The van der Waals surface area contributed by atoms with Gasteiger partial charge in [0.25, 0.3) is 0 Å². The summed E-state index contributed by atoms with van der Waals surface area (Å²) in [6.07, 6.45) is 2.76. The number of nitrogens with one attached hydrogen (secondary N) is 1. The first-order valence-corrected chi connectivity index (χ1v) is 13.1. The third-order valence-electron chi connectivity index (χ3n) is 8.57. The van der Waals surface area contributed by atoms with Gasteiger partial charge in [0.15, 0.2) is 5.41 Å². The zero-order valence-corrected chi connectivity index (χ0v) is 22.7. The van der Waals surface area contributed by atoms with Gasteiger partial charge in [-0.15, -0.1) is 0 Å². The summed E-state index contributed by atoms with van der Waals surface area (Å²) >= 11 is 0. The molecular weight excluding hydrogens is 463 g/mol. The highest BCUT2D eigenvalue weighted by Gasteiger charge is 2.54. The second kappa shape index (κ2) is 9.44. The van der Waals surface area contributed by atoms with Crippen LogP contribution in [0, 0.1) is 26.2 Å². The van der Waals surface area contributed by atoms with E-state index in [9.17, 15) is 9.59 Å². The zero-order chi connectivity index (χ0) is 26.5. The molecule has 0 radical (unpaired) electrons. The molecular formula is C30H35BN2O4. The largest absolute Gasteiger partial charge is 0.468 e. The van der Waals surface area contributed by atoms with Crippen molar-refractivity contribution in [1.29, 1.82) is 0 Å². The molecule has 1 heterocycles. The third-order valence-corrected chi connectivity index (χ3v) is 8.57. The van der Waals surface area contributed by atoms with Crippen molar-refractivity contribution in [2.75, 3.05) is 30.8 Å². The van der Waals surface area contributed by atoms with Crippen LogP contribution >= 0.6 is 0 Å². The van der Waals surface area contributed by atoms with Gasteiger partial charge < -0.3 is 19.5 Å². The first kappa shape index (κ1) is 25.2. The number of methoxy groups -OCH3 is 2. The van der Waals surface area contributed by atoms with E-state index < -0.39 is 17.4 Å². The number of rotatable bonds is 6. The van der Waals surface area contributed by atoms with E-state index in [2.05, 4.69) is 74.1 Å². The molecule has 7 heteroatoms. The molecule has 1 N–H and O–H groups in total.